The molecule has 1 amide bonds. The van der Waals surface area contributed by atoms with E-state index in [1.165, 1.54) is 17.0 Å². The van der Waals surface area contributed by atoms with Crippen molar-refractivity contribution in [2.45, 2.75) is 43.5 Å². The van der Waals surface area contributed by atoms with Crippen molar-refractivity contribution in [3.8, 4) is 0 Å². The van der Waals surface area contributed by atoms with Gasteiger partial charge in [0, 0.05) is 29.6 Å². The molecule has 1 atom stereocenters. The second-order valence-corrected chi connectivity index (χ2v) is 9.49. The summed E-state index contributed by atoms with van der Waals surface area (Å²) in [5.41, 5.74) is 0.474. The third kappa shape index (κ3) is 4.34. The van der Waals surface area contributed by atoms with E-state index in [1.807, 2.05) is 24.4 Å². The molecule has 140 valence electrons. The maximum atomic E-state index is 12.8. The molecule has 1 aliphatic heterocycles. The molecule has 1 saturated heterocycles. The molecule has 0 bridgehead atoms. The highest BCUT2D eigenvalue weighted by atomic mass is 32.2. The number of sulfonamides is 1. The van der Waals surface area contributed by atoms with Gasteiger partial charge in [-0.05, 0) is 61.9 Å². The average Bonchev–Trinajstić information content (AvgIpc) is 3.15. The van der Waals surface area contributed by atoms with Crippen LogP contribution in [0.3, 0.4) is 0 Å². The Kier molecular flexibility index (Phi) is 6.11. The van der Waals surface area contributed by atoms with Crippen molar-refractivity contribution in [1.29, 1.82) is 0 Å². The molecule has 0 saturated carbocycles. The molecule has 26 heavy (non-hydrogen) atoms. The zero-order valence-electron chi connectivity index (χ0n) is 14.8. The van der Waals surface area contributed by atoms with Crippen LogP contribution in [0.15, 0.2) is 46.7 Å². The van der Waals surface area contributed by atoms with E-state index in [1.54, 1.807) is 27.8 Å². The molecule has 0 aliphatic carbocycles. The van der Waals surface area contributed by atoms with Gasteiger partial charge < -0.3 is 5.32 Å². The summed E-state index contributed by atoms with van der Waals surface area (Å²) in [6, 6.07) is 10.3. The van der Waals surface area contributed by atoms with Crippen molar-refractivity contribution in [3.63, 3.8) is 0 Å². The smallest absolute Gasteiger partial charge is 0.251 e. The normalized spacial score (nSPS) is 18.6. The van der Waals surface area contributed by atoms with Gasteiger partial charge >= 0.3 is 0 Å². The van der Waals surface area contributed by atoms with Gasteiger partial charge in [0.1, 0.15) is 0 Å². The topological polar surface area (TPSA) is 66.5 Å². The van der Waals surface area contributed by atoms with Gasteiger partial charge in [-0.1, -0.05) is 12.5 Å². The number of carbonyl (C=O) groups is 1. The van der Waals surface area contributed by atoms with Crippen molar-refractivity contribution in [1.82, 2.24) is 9.62 Å². The van der Waals surface area contributed by atoms with E-state index in [2.05, 4.69) is 5.32 Å². The molecule has 1 aliphatic rings. The average molecular weight is 393 g/mol. The van der Waals surface area contributed by atoms with Crippen LogP contribution in [-0.2, 0) is 16.4 Å². The first-order valence-corrected chi connectivity index (χ1v) is 11.2. The fourth-order valence-electron chi connectivity index (χ4n) is 3.20. The lowest BCUT2D eigenvalue weighted by molar-refractivity contribution is 0.0954. The Morgan fingerprint density at radius 3 is 2.65 bits per heavy atom. The molecule has 1 aromatic heterocycles. The highest BCUT2D eigenvalue weighted by molar-refractivity contribution is 7.89. The zero-order valence-corrected chi connectivity index (χ0v) is 16.5. The molecular formula is C19H24N2O3S2. The number of piperidine rings is 1. The molecule has 1 N–H and O–H groups in total. The first kappa shape index (κ1) is 19.1. The lowest BCUT2D eigenvalue weighted by atomic mass is 10.1. The minimum atomic E-state index is -3.50. The number of nitrogens with one attached hydrogen (secondary N) is 1. The Morgan fingerprint density at radius 2 is 2.00 bits per heavy atom. The molecule has 7 heteroatoms. The lowest BCUT2D eigenvalue weighted by Gasteiger charge is -2.32. The fourth-order valence-corrected chi connectivity index (χ4v) is 5.61. The van der Waals surface area contributed by atoms with Crippen molar-refractivity contribution in [3.05, 3.63) is 52.2 Å². The Hall–Kier alpha value is -1.70. The highest BCUT2D eigenvalue weighted by Gasteiger charge is 2.30. The maximum Gasteiger partial charge on any atom is 0.251 e. The van der Waals surface area contributed by atoms with E-state index >= 15 is 0 Å². The summed E-state index contributed by atoms with van der Waals surface area (Å²) in [6.07, 6.45) is 3.65. The quantitative estimate of drug-likeness (QED) is 0.820. The number of rotatable bonds is 6. The molecular weight excluding hydrogens is 368 g/mol. The fraction of sp³-hybridized carbons (Fsp3) is 0.421. The number of amides is 1. The summed E-state index contributed by atoms with van der Waals surface area (Å²) in [5, 5.41) is 4.89. The van der Waals surface area contributed by atoms with Gasteiger partial charge in [0.2, 0.25) is 10.0 Å². The number of thiophene rings is 1. The van der Waals surface area contributed by atoms with E-state index in [0.29, 0.717) is 18.7 Å². The molecule has 0 radical (unpaired) electrons. The van der Waals surface area contributed by atoms with Crippen LogP contribution in [0.25, 0.3) is 0 Å². The van der Waals surface area contributed by atoms with Crippen LogP contribution >= 0.6 is 11.3 Å². The highest BCUT2D eigenvalue weighted by Crippen LogP contribution is 2.25. The minimum absolute atomic E-state index is 0.0222. The van der Waals surface area contributed by atoms with Crippen LogP contribution in [0, 0.1) is 0 Å². The number of hydrogen-bond donors (Lipinski definition) is 1. The van der Waals surface area contributed by atoms with Gasteiger partial charge in [0.05, 0.1) is 4.90 Å². The number of hydrogen-bond acceptors (Lipinski definition) is 4. The van der Waals surface area contributed by atoms with Crippen molar-refractivity contribution in [2.75, 3.05) is 13.1 Å². The molecule has 1 fully saturated rings. The van der Waals surface area contributed by atoms with Gasteiger partial charge in [-0.2, -0.15) is 4.31 Å². The number of nitrogens with zero attached hydrogens (tertiary/aromatic N) is 1. The third-order valence-electron chi connectivity index (χ3n) is 4.70. The van der Waals surface area contributed by atoms with Gasteiger partial charge in [-0.25, -0.2) is 8.42 Å². The summed E-state index contributed by atoms with van der Waals surface area (Å²) in [6.45, 7) is 3.07. The standard InChI is InChI=1S/C19H24N2O3S2/c1-15-5-2-3-13-21(15)26(23,24)18-9-7-16(8-10-18)19(22)20-12-11-17-6-4-14-25-17/h4,6-10,14-15H,2-3,5,11-13H2,1H3,(H,20,22). The monoisotopic (exact) mass is 392 g/mol. The molecule has 5 nitrogen and oxygen atoms in total. The Labute approximate surface area is 159 Å². The van der Waals surface area contributed by atoms with Crippen LogP contribution in [0.1, 0.15) is 41.4 Å². The van der Waals surface area contributed by atoms with Gasteiger partial charge in [-0.3, -0.25) is 4.79 Å². The lowest BCUT2D eigenvalue weighted by Crippen LogP contribution is -2.41. The predicted molar refractivity (Wildman–Crippen MR) is 104 cm³/mol. The van der Waals surface area contributed by atoms with Crippen molar-refractivity contribution < 1.29 is 13.2 Å². The second-order valence-electron chi connectivity index (χ2n) is 6.57. The molecule has 2 aromatic rings. The molecule has 3 rings (SSSR count). The summed E-state index contributed by atoms with van der Waals surface area (Å²) in [5.74, 6) is -0.183. The first-order chi connectivity index (χ1) is 12.5. The van der Waals surface area contributed by atoms with Crippen LogP contribution < -0.4 is 5.32 Å². The van der Waals surface area contributed by atoms with Gasteiger partial charge in [-0.15, -0.1) is 11.3 Å². The van der Waals surface area contributed by atoms with E-state index in [-0.39, 0.29) is 16.8 Å². The predicted octanol–water partition coefficient (Wildman–Crippen LogP) is 3.28. The Morgan fingerprint density at radius 1 is 1.23 bits per heavy atom. The SMILES string of the molecule is CC1CCCCN1S(=O)(=O)c1ccc(C(=O)NCCc2cccs2)cc1. The summed E-state index contributed by atoms with van der Waals surface area (Å²) < 4.78 is 27.2. The van der Waals surface area contributed by atoms with E-state index in [4.69, 9.17) is 0 Å². The minimum Gasteiger partial charge on any atom is -0.352 e. The number of carbonyl (C=O) groups excluding carboxylic acids is 1. The summed E-state index contributed by atoms with van der Waals surface area (Å²) in [7, 11) is -3.50. The third-order valence-corrected chi connectivity index (χ3v) is 7.67. The summed E-state index contributed by atoms with van der Waals surface area (Å²) >= 11 is 1.67. The van der Waals surface area contributed by atoms with Crippen molar-refractivity contribution >= 4 is 27.3 Å². The molecule has 1 aromatic carbocycles. The van der Waals surface area contributed by atoms with Crippen LogP contribution in [-0.4, -0.2) is 37.8 Å². The first-order valence-electron chi connectivity index (χ1n) is 8.91. The maximum absolute atomic E-state index is 12.8. The Bertz CT molecular complexity index is 830. The summed E-state index contributed by atoms with van der Waals surface area (Å²) in [4.78, 5) is 13.7. The number of benzene rings is 1. The van der Waals surface area contributed by atoms with Crippen LogP contribution in [0.5, 0.6) is 0 Å². The largest absolute Gasteiger partial charge is 0.352 e. The van der Waals surface area contributed by atoms with E-state index in [9.17, 15) is 13.2 Å². The zero-order chi connectivity index (χ0) is 18.6. The van der Waals surface area contributed by atoms with Crippen LogP contribution in [0.2, 0.25) is 0 Å². The molecule has 2 heterocycles. The van der Waals surface area contributed by atoms with Gasteiger partial charge in [0.15, 0.2) is 0 Å². The molecule has 0 spiro atoms. The van der Waals surface area contributed by atoms with E-state index < -0.39 is 10.0 Å². The Balaban J connectivity index is 1.62. The van der Waals surface area contributed by atoms with Crippen LogP contribution in [0.4, 0.5) is 0 Å². The second kappa shape index (κ2) is 8.33. The molecule has 1 unspecified atom stereocenters. The van der Waals surface area contributed by atoms with E-state index in [0.717, 1.165) is 25.7 Å². The van der Waals surface area contributed by atoms with Crippen molar-refractivity contribution in [2.24, 2.45) is 0 Å². The van der Waals surface area contributed by atoms with Gasteiger partial charge in [0.25, 0.3) is 5.91 Å².